The van der Waals surface area contributed by atoms with E-state index in [1.165, 1.54) is 6.33 Å². The summed E-state index contributed by atoms with van der Waals surface area (Å²) in [6, 6.07) is 0. The van der Waals surface area contributed by atoms with Gasteiger partial charge in [0, 0.05) is 6.54 Å². The highest BCUT2D eigenvalue weighted by Gasteiger charge is 2.23. The lowest BCUT2D eigenvalue weighted by atomic mass is 9.94. The van der Waals surface area contributed by atoms with Crippen LogP contribution < -0.4 is 5.73 Å². The summed E-state index contributed by atoms with van der Waals surface area (Å²) in [5, 5.41) is 3.49. The first-order chi connectivity index (χ1) is 4.67. The Balaban J connectivity index is 2.85. The van der Waals surface area contributed by atoms with Crippen LogP contribution in [0.4, 0.5) is 0 Å². The van der Waals surface area contributed by atoms with Gasteiger partial charge in [0.05, 0.1) is 5.41 Å². The van der Waals surface area contributed by atoms with Crippen molar-refractivity contribution in [1.29, 1.82) is 0 Å². The fourth-order valence-corrected chi connectivity index (χ4v) is 0.559. The van der Waals surface area contributed by atoms with Crippen molar-refractivity contribution in [3.05, 3.63) is 12.2 Å². The van der Waals surface area contributed by atoms with Crippen LogP contribution in [-0.4, -0.2) is 16.7 Å². The predicted molar refractivity (Wildman–Crippen MR) is 36.4 cm³/mol. The lowest BCUT2D eigenvalue weighted by Gasteiger charge is -2.15. The van der Waals surface area contributed by atoms with E-state index in [0.29, 0.717) is 12.4 Å². The van der Waals surface area contributed by atoms with Gasteiger partial charge in [-0.3, -0.25) is 0 Å². The highest BCUT2D eigenvalue weighted by Crippen LogP contribution is 2.17. The Kier molecular flexibility index (Phi) is 1.72. The molecule has 1 rings (SSSR count). The van der Waals surface area contributed by atoms with Crippen molar-refractivity contribution in [2.24, 2.45) is 5.73 Å². The van der Waals surface area contributed by atoms with Crippen molar-refractivity contribution >= 4 is 0 Å². The Bertz CT molecular complexity index is 193. The van der Waals surface area contributed by atoms with E-state index in [1.54, 1.807) is 0 Å². The van der Waals surface area contributed by atoms with Gasteiger partial charge in [0.2, 0.25) is 5.89 Å². The molecule has 0 aliphatic heterocycles. The van der Waals surface area contributed by atoms with Crippen LogP contribution in [0.2, 0.25) is 0 Å². The first-order valence-electron chi connectivity index (χ1n) is 3.14. The van der Waals surface area contributed by atoms with Crippen LogP contribution in [0.3, 0.4) is 0 Å². The third kappa shape index (κ3) is 1.16. The molecule has 0 saturated carbocycles. The van der Waals surface area contributed by atoms with Gasteiger partial charge in [-0.15, -0.1) is 0 Å². The molecule has 0 atom stereocenters. The molecular weight excluding hydrogens is 130 g/mol. The molecule has 10 heavy (non-hydrogen) atoms. The fraction of sp³-hybridized carbons (Fsp3) is 0.667. The fourth-order valence-electron chi connectivity index (χ4n) is 0.559. The molecule has 56 valence electrons. The topological polar surface area (TPSA) is 64.9 Å². The van der Waals surface area contributed by atoms with Gasteiger partial charge in [-0.05, 0) is 13.8 Å². The monoisotopic (exact) mass is 141 g/mol. The highest BCUT2D eigenvalue weighted by atomic mass is 16.5. The second-order valence-corrected chi connectivity index (χ2v) is 2.83. The van der Waals surface area contributed by atoms with Gasteiger partial charge in [-0.1, -0.05) is 5.16 Å². The summed E-state index contributed by atoms with van der Waals surface area (Å²) in [5.41, 5.74) is 5.27. The molecule has 0 bridgehead atoms. The SMILES string of the molecule is CC(C)(CN)c1ncno1. The van der Waals surface area contributed by atoms with Crippen molar-refractivity contribution in [2.75, 3.05) is 6.54 Å². The Morgan fingerprint density at radius 3 is 2.80 bits per heavy atom. The zero-order chi connectivity index (χ0) is 7.61. The van der Waals surface area contributed by atoms with E-state index in [1.807, 2.05) is 13.8 Å². The third-order valence-electron chi connectivity index (χ3n) is 1.45. The Hall–Kier alpha value is -0.900. The average Bonchev–Trinajstić information content (AvgIpc) is 2.38. The van der Waals surface area contributed by atoms with Crippen LogP contribution in [0.5, 0.6) is 0 Å². The molecule has 2 N–H and O–H groups in total. The van der Waals surface area contributed by atoms with E-state index in [-0.39, 0.29) is 5.41 Å². The van der Waals surface area contributed by atoms with Crippen LogP contribution in [-0.2, 0) is 5.41 Å². The van der Waals surface area contributed by atoms with Gasteiger partial charge >= 0.3 is 0 Å². The summed E-state index contributed by atoms with van der Waals surface area (Å²) in [5.74, 6) is 0.593. The third-order valence-corrected chi connectivity index (χ3v) is 1.45. The predicted octanol–water partition coefficient (Wildman–Crippen LogP) is 0.306. The summed E-state index contributed by atoms with van der Waals surface area (Å²) in [7, 11) is 0. The second kappa shape index (κ2) is 2.38. The second-order valence-electron chi connectivity index (χ2n) is 2.83. The minimum Gasteiger partial charge on any atom is -0.339 e. The Labute approximate surface area is 59.4 Å². The number of hydrogen-bond acceptors (Lipinski definition) is 4. The summed E-state index contributed by atoms with van der Waals surface area (Å²) in [6.07, 6.45) is 1.38. The van der Waals surface area contributed by atoms with Crippen LogP contribution in [0.1, 0.15) is 19.7 Å². The van der Waals surface area contributed by atoms with E-state index in [4.69, 9.17) is 10.3 Å². The maximum atomic E-state index is 5.47. The van der Waals surface area contributed by atoms with E-state index >= 15 is 0 Å². The molecular formula is C6H11N3O. The van der Waals surface area contributed by atoms with Gasteiger partial charge in [-0.25, -0.2) is 0 Å². The molecule has 1 aromatic heterocycles. The molecule has 0 fully saturated rings. The van der Waals surface area contributed by atoms with E-state index in [0.717, 1.165) is 0 Å². The highest BCUT2D eigenvalue weighted by molar-refractivity contribution is 4.97. The van der Waals surface area contributed by atoms with Crippen LogP contribution in [0.15, 0.2) is 10.9 Å². The molecule has 0 radical (unpaired) electrons. The quantitative estimate of drug-likeness (QED) is 0.643. The first kappa shape index (κ1) is 7.21. The molecule has 0 aliphatic rings. The van der Waals surface area contributed by atoms with E-state index in [9.17, 15) is 0 Å². The van der Waals surface area contributed by atoms with Gasteiger partial charge in [0.15, 0.2) is 6.33 Å². The number of nitrogens with zero attached hydrogens (tertiary/aromatic N) is 2. The van der Waals surface area contributed by atoms with Gasteiger partial charge < -0.3 is 10.3 Å². The van der Waals surface area contributed by atoms with Crippen molar-refractivity contribution < 1.29 is 4.52 Å². The van der Waals surface area contributed by atoms with Gasteiger partial charge in [-0.2, -0.15) is 4.98 Å². The zero-order valence-corrected chi connectivity index (χ0v) is 6.16. The van der Waals surface area contributed by atoms with Crippen LogP contribution >= 0.6 is 0 Å². The standard InChI is InChI=1S/C6H11N3O/c1-6(2,3-7)5-8-4-9-10-5/h4H,3,7H2,1-2H3. The molecule has 1 aromatic rings. The largest absolute Gasteiger partial charge is 0.339 e. The van der Waals surface area contributed by atoms with E-state index < -0.39 is 0 Å². The lowest BCUT2D eigenvalue weighted by molar-refractivity contribution is 0.311. The van der Waals surface area contributed by atoms with Crippen molar-refractivity contribution in [2.45, 2.75) is 19.3 Å². The van der Waals surface area contributed by atoms with Gasteiger partial charge in [0.1, 0.15) is 0 Å². The Morgan fingerprint density at radius 2 is 2.40 bits per heavy atom. The van der Waals surface area contributed by atoms with Crippen LogP contribution in [0, 0.1) is 0 Å². The maximum absolute atomic E-state index is 5.47. The summed E-state index contributed by atoms with van der Waals surface area (Å²) >= 11 is 0. The summed E-state index contributed by atoms with van der Waals surface area (Å²) in [6.45, 7) is 4.43. The van der Waals surface area contributed by atoms with Crippen molar-refractivity contribution in [3.8, 4) is 0 Å². The normalized spacial score (nSPS) is 11.9. The van der Waals surface area contributed by atoms with Crippen LogP contribution in [0.25, 0.3) is 0 Å². The molecule has 0 saturated heterocycles. The zero-order valence-electron chi connectivity index (χ0n) is 6.16. The first-order valence-corrected chi connectivity index (χ1v) is 3.14. The van der Waals surface area contributed by atoms with Gasteiger partial charge in [0.25, 0.3) is 0 Å². The summed E-state index contributed by atoms with van der Waals surface area (Å²) in [4.78, 5) is 3.90. The molecule has 0 aliphatic carbocycles. The number of hydrogen-bond donors (Lipinski definition) is 1. The minimum atomic E-state index is -0.198. The molecule has 0 spiro atoms. The van der Waals surface area contributed by atoms with E-state index in [2.05, 4.69) is 10.1 Å². The molecule has 4 heteroatoms. The molecule has 0 amide bonds. The lowest BCUT2D eigenvalue weighted by Crippen LogP contribution is -2.28. The number of rotatable bonds is 2. The molecule has 0 unspecified atom stereocenters. The number of nitrogens with two attached hydrogens (primary N) is 1. The maximum Gasteiger partial charge on any atom is 0.233 e. The minimum absolute atomic E-state index is 0.198. The molecule has 0 aromatic carbocycles. The number of aromatic nitrogens is 2. The van der Waals surface area contributed by atoms with Crippen molar-refractivity contribution in [1.82, 2.24) is 10.1 Å². The average molecular weight is 141 g/mol. The smallest absolute Gasteiger partial charge is 0.233 e. The van der Waals surface area contributed by atoms with Crippen molar-refractivity contribution in [3.63, 3.8) is 0 Å². The summed E-state index contributed by atoms with van der Waals surface area (Å²) < 4.78 is 4.85. The molecule has 4 nitrogen and oxygen atoms in total. The molecule has 1 heterocycles. The Morgan fingerprint density at radius 1 is 1.70 bits per heavy atom.